The number of hydrogen-bond donors (Lipinski definition) is 2. The van der Waals surface area contributed by atoms with Gasteiger partial charge in [0.15, 0.2) is 0 Å². The van der Waals surface area contributed by atoms with Gasteiger partial charge in [0.2, 0.25) is 0 Å². The highest BCUT2D eigenvalue weighted by Crippen LogP contribution is 2.47. The number of nitrogens with one attached hydrogen (secondary N) is 1. The van der Waals surface area contributed by atoms with E-state index < -0.39 is 10.1 Å². The SMILES string of the molecule is CCN(CC)CCCn1nc2c3c(c([N+](=O)[O-])ccc31)Nc1ccc(OC)cc1-2.CS(=O)(=O)O. The van der Waals surface area contributed by atoms with Crippen LogP contribution < -0.4 is 10.1 Å². The van der Waals surface area contributed by atoms with Gasteiger partial charge in [0.25, 0.3) is 15.8 Å². The van der Waals surface area contributed by atoms with Crippen LogP contribution in [0.3, 0.4) is 0 Å². The Hall–Kier alpha value is -3.22. The molecule has 3 aromatic rings. The van der Waals surface area contributed by atoms with Crippen molar-refractivity contribution in [3.63, 3.8) is 0 Å². The maximum Gasteiger partial charge on any atom is 0.293 e. The average molecular weight is 492 g/mol. The smallest absolute Gasteiger partial charge is 0.293 e. The van der Waals surface area contributed by atoms with E-state index >= 15 is 0 Å². The molecule has 0 radical (unpaired) electrons. The van der Waals surface area contributed by atoms with Gasteiger partial charge >= 0.3 is 0 Å². The molecule has 0 saturated carbocycles. The lowest BCUT2D eigenvalue weighted by Crippen LogP contribution is -2.24. The minimum absolute atomic E-state index is 0.0582. The quantitative estimate of drug-likeness (QED) is 0.213. The first-order valence-electron chi connectivity index (χ1n) is 10.9. The van der Waals surface area contributed by atoms with Crippen molar-refractivity contribution in [1.82, 2.24) is 14.7 Å². The molecule has 0 atom stereocenters. The number of nitro groups is 1. The highest BCUT2D eigenvalue weighted by molar-refractivity contribution is 7.85. The zero-order chi connectivity index (χ0) is 25.0. The number of aromatic nitrogens is 2. The molecule has 0 fully saturated rings. The van der Waals surface area contributed by atoms with E-state index in [9.17, 15) is 18.5 Å². The number of ether oxygens (including phenoxy) is 1. The third-order valence-electron chi connectivity index (χ3n) is 5.57. The molecular weight excluding hydrogens is 462 g/mol. The van der Waals surface area contributed by atoms with E-state index in [1.165, 1.54) is 0 Å². The Bertz CT molecular complexity index is 1290. The van der Waals surface area contributed by atoms with Crippen LogP contribution in [-0.4, -0.2) is 65.6 Å². The monoisotopic (exact) mass is 491 g/mol. The fourth-order valence-corrected chi connectivity index (χ4v) is 3.97. The van der Waals surface area contributed by atoms with E-state index in [0.29, 0.717) is 11.9 Å². The molecule has 0 unspecified atom stereocenters. The van der Waals surface area contributed by atoms with Crippen molar-refractivity contribution in [3.05, 3.63) is 40.4 Å². The Morgan fingerprint density at radius 3 is 2.50 bits per heavy atom. The highest BCUT2D eigenvalue weighted by atomic mass is 32.2. The molecule has 34 heavy (non-hydrogen) atoms. The summed E-state index contributed by atoms with van der Waals surface area (Å²) >= 11 is 0. The van der Waals surface area contributed by atoms with E-state index in [1.54, 1.807) is 19.2 Å². The van der Waals surface area contributed by atoms with Gasteiger partial charge in [-0.05, 0) is 50.3 Å². The van der Waals surface area contributed by atoms with Crippen LogP contribution in [0.2, 0.25) is 0 Å². The maximum absolute atomic E-state index is 11.6. The molecule has 12 heteroatoms. The number of rotatable bonds is 8. The summed E-state index contributed by atoms with van der Waals surface area (Å²) in [6.45, 7) is 8.11. The molecule has 11 nitrogen and oxygen atoms in total. The lowest BCUT2D eigenvalue weighted by atomic mass is 9.99. The van der Waals surface area contributed by atoms with Gasteiger partial charge in [-0.25, -0.2) is 0 Å². The molecule has 2 heterocycles. The zero-order valence-corrected chi connectivity index (χ0v) is 20.4. The second-order valence-electron chi connectivity index (χ2n) is 7.83. The molecule has 0 saturated heterocycles. The van der Waals surface area contributed by atoms with Crippen LogP contribution in [0.15, 0.2) is 30.3 Å². The Kier molecular flexibility index (Phi) is 7.75. The summed E-state index contributed by atoms with van der Waals surface area (Å²) in [4.78, 5) is 13.6. The Balaban J connectivity index is 0.000000588. The molecule has 1 aromatic heterocycles. The number of anilines is 2. The van der Waals surface area contributed by atoms with Gasteiger partial charge in [0, 0.05) is 23.9 Å². The van der Waals surface area contributed by atoms with Crippen LogP contribution in [0.5, 0.6) is 5.75 Å². The van der Waals surface area contributed by atoms with Gasteiger partial charge in [-0.15, -0.1) is 0 Å². The molecule has 1 aliphatic heterocycles. The van der Waals surface area contributed by atoms with Gasteiger partial charge < -0.3 is 15.0 Å². The summed E-state index contributed by atoms with van der Waals surface area (Å²) in [6.07, 6.45) is 1.68. The fraction of sp³-hybridized carbons (Fsp3) is 0.409. The molecule has 0 aliphatic carbocycles. The number of fused-ring (bicyclic) bond motifs is 2. The van der Waals surface area contributed by atoms with Crippen LogP contribution in [-0.2, 0) is 16.7 Å². The first-order valence-corrected chi connectivity index (χ1v) is 12.7. The minimum Gasteiger partial charge on any atom is -0.497 e. The summed E-state index contributed by atoms with van der Waals surface area (Å²) in [5.41, 5.74) is 3.92. The molecular formula is C22H29N5O6S. The number of methoxy groups -OCH3 is 1. The fourth-order valence-electron chi connectivity index (χ4n) is 3.97. The third kappa shape index (κ3) is 5.64. The van der Waals surface area contributed by atoms with Crippen LogP contribution in [0.25, 0.3) is 22.2 Å². The van der Waals surface area contributed by atoms with E-state index in [1.807, 2.05) is 22.9 Å². The van der Waals surface area contributed by atoms with Crippen LogP contribution >= 0.6 is 0 Å². The largest absolute Gasteiger partial charge is 0.497 e. The van der Waals surface area contributed by atoms with E-state index in [-0.39, 0.29) is 10.6 Å². The van der Waals surface area contributed by atoms with E-state index in [4.69, 9.17) is 14.4 Å². The number of benzene rings is 2. The molecule has 0 amide bonds. The van der Waals surface area contributed by atoms with Crippen molar-refractivity contribution in [1.29, 1.82) is 0 Å². The Morgan fingerprint density at radius 2 is 1.91 bits per heavy atom. The average Bonchev–Trinajstić information content (AvgIpc) is 3.15. The number of nitro benzene ring substituents is 1. The molecule has 2 N–H and O–H groups in total. The van der Waals surface area contributed by atoms with Gasteiger partial charge in [0.05, 0.1) is 29.2 Å². The van der Waals surface area contributed by atoms with Gasteiger partial charge in [-0.2, -0.15) is 13.5 Å². The summed E-state index contributed by atoms with van der Waals surface area (Å²) < 4.78 is 33.2. The van der Waals surface area contributed by atoms with Crippen LogP contribution in [0.4, 0.5) is 17.1 Å². The minimum atomic E-state index is -3.67. The van der Waals surface area contributed by atoms with Crippen LogP contribution in [0.1, 0.15) is 20.3 Å². The second-order valence-corrected chi connectivity index (χ2v) is 9.30. The predicted molar refractivity (Wildman–Crippen MR) is 132 cm³/mol. The molecule has 0 bridgehead atoms. The molecule has 184 valence electrons. The van der Waals surface area contributed by atoms with E-state index in [0.717, 1.165) is 66.2 Å². The van der Waals surface area contributed by atoms with Crippen molar-refractivity contribution in [2.24, 2.45) is 0 Å². The molecule has 1 aliphatic rings. The first kappa shape index (κ1) is 25.4. The van der Waals surface area contributed by atoms with Crippen LogP contribution in [0, 0.1) is 10.1 Å². The second kappa shape index (κ2) is 10.4. The Morgan fingerprint density at radius 1 is 1.24 bits per heavy atom. The van der Waals surface area contributed by atoms with Crippen molar-refractivity contribution in [2.45, 2.75) is 26.8 Å². The van der Waals surface area contributed by atoms with Gasteiger partial charge in [0.1, 0.15) is 17.1 Å². The molecule has 2 aromatic carbocycles. The van der Waals surface area contributed by atoms with Crippen molar-refractivity contribution < 1.29 is 22.6 Å². The van der Waals surface area contributed by atoms with Gasteiger partial charge in [-0.3, -0.25) is 19.3 Å². The standard InChI is InChI=1S/C21H25N5O3.CH4O3S/c1-4-24(5-2)11-6-12-25-17-9-10-18(26(27)28)21-19(17)20(23-25)15-13-14(29-3)7-8-16(15)22-21;1-5(2,3)4/h7-10,13,22H,4-6,11-12H2,1-3H3;1H3,(H,2,3,4). The lowest BCUT2D eigenvalue weighted by Gasteiger charge is -2.18. The summed E-state index contributed by atoms with van der Waals surface area (Å²) in [5.74, 6) is 0.726. The highest BCUT2D eigenvalue weighted by Gasteiger charge is 2.29. The number of nitrogens with zero attached hydrogens (tertiary/aromatic N) is 4. The number of aryl methyl sites for hydroxylation is 1. The van der Waals surface area contributed by atoms with Crippen molar-refractivity contribution in [2.75, 3.05) is 38.3 Å². The molecule has 4 rings (SSSR count). The maximum atomic E-state index is 11.6. The summed E-state index contributed by atoms with van der Waals surface area (Å²) in [7, 11) is -2.04. The molecule has 0 spiro atoms. The topological polar surface area (TPSA) is 140 Å². The summed E-state index contributed by atoms with van der Waals surface area (Å²) in [6, 6.07) is 9.00. The van der Waals surface area contributed by atoms with E-state index in [2.05, 4.69) is 24.1 Å². The zero-order valence-electron chi connectivity index (χ0n) is 19.6. The normalized spacial score (nSPS) is 12.1. The number of hydrogen-bond acceptors (Lipinski definition) is 8. The van der Waals surface area contributed by atoms with Crippen molar-refractivity contribution >= 4 is 38.1 Å². The van der Waals surface area contributed by atoms with Gasteiger partial charge in [-0.1, -0.05) is 13.8 Å². The Labute approximate surface area is 198 Å². The lowest BCUT2D eigenvalue weighted by molar-refractivity contribution is -0.383. The van der Waals surface area contributed by atoms with Crippen molar-refractivity contribution in [3.8, 4) is 17.0 Å². The predicted octanol–water partition coefficient (Wildman–Crippen LogP) is 3.91. The summed E-state index contributed by atoms with van der Waals surface area (Å²) in [5, 5.41) is 20.5. The third-order valence-corrected chi connectivity index (χ3v) is 5.57. The first-order chi connectivity index (χ1) is 16.1.